The fourth-order valence-corrected chi connectivity index (χ4v) is 4.22. The second-order valence-electron chi connectivity index (χ2n) is 7.57. The molecule has 0 atom stereocenters. The summed E-state index contributed by atoms with van der Waals surface area (Å²) >= 11 is 1.18. The van der Waals surface area contributed by atoms with Gasteiger partial charge in [-0.15, -0.1) is 0 Å². The van der Waals surface area contributed by atoms with E-state index in [1.807, 2.05) is 31.2 Å². The highest BCUT2D eigenvalue weighted by Crippen LogP contribution is 2.30. The molecule has 0 unspecified atom stereocenters. The van der Waals surface area contributed by atoms with E-state index in [2.05, 4.69) is 10.1 Å². The molecule has 1 amide bonds. The molecule has 3 aromatic rings. The predicted molar refractivity (Wildman–Crippen MR) is 132 cm³/mol. The molecule has 3 heterocycles. The number of nitrogens with zero attached hydrogens (tertiary/aromatic N) is 4. The van der Waals surface area contributed by atoms with Crippen molar-refractivity contribution in [2.24, 2.45) is 10.1 Å². The number of furan rings is 1. The maximum atomic E-state index is 12.6. The molecule has 0 radical (unpaired) electrons. The highest BCUT2D eigenvalue weighted by molar-refractivity contribution is 8.27. The molecule has 0 bridgehead atoms. The van der Waals surface area contributed by atoms with Crippen LogP contribution in [0.4, 0.5) is 5.69 Å². The topological polar surface area (TPSA) is 134 Å². The Balaban J connectivity index is 1.33. The molecule has 2 aromatic carbocycles. The van der Waals surface area contributed by atoms with Crippen LogP contribution < -0.4 is 4.74 Å². The molecule has 11 heteroatoms. The third-order valence-corrected chi connectivity index (χ3v) is 6.10. The largest absolute Gasteiger partial charge is 0.486 e. The summed E-state index contributed by atoms with van der Waals surface area (Å²) in [6.45, 7) is 2.13. The summed E-state index contributed by atoms with van der Waals surface area (Å²) in [6, 6.07) is 16.9. The number of carbonyl (C=O) groups excluding carboxylic acids is 1. The van der Waals surface area contributed by atoms with Crippen LogP contribution in [-0.2, 0) is 4.79 Å². The Labute approximate surface area is 203 Å². The van der Waals surface area contributed by atoms with Gasteiger partial charge < -0.3 is 9.15 Å². The number of amidine groups is 2. The van der Waals surface area contributed by atoms with Crippen molar-refractivity contribution >= 4 is 45.5 Å². The molecule has 10 nitrogen and oxygen atoms in total. The molecule has 0 saturated carbocycles. The second kappa shape index (κ2) is 9.03. The van der Waals surface area contributed by atoms with Crippen molar-refractivity contribution in [1.29, 1.82) is 5.41 Å². The number of nitro benzene ring substituents is 1. The molecule has 0 saturated heterocycles. The lowest BCUT2D eigenvalue weighted by molar-refractivity contribution is -0.384. The molecule has 35 heavy (non-hydrogen) atoms. The lowest BCUT2D eigenvalue weighted by atomic mass is 10.1. The summed E-state index contributed by atoms with van der Waals surface area (Å²) in [4.78, 5) is 27.1. The maximum Gasteiger partial charge on any atom is 0.283 e. The van der Waals surface area contributed by atoms with Crippen molar-refractivity contribution in [3.63, 3.8) is 0 Å². The van der Waals surface area contributed by atoms with Gasteiger partial charge in [0.05, 0.1) is 10.5 Å². The Hall–Kier alpha value is -4.51. The molecule has 0 spiro atoms. The van der Waals surface area contributed by atoms with Gasteiger partial charge in [0, 0.05) is 17.7 Å². The average molecular weight is 487 g/mol. The van der Waals surface area contributed by atoms with Gasteiger partial charge in [0.25, 0.3) is 11.6 Å². The highest BCUT2D eigenvalue weighted by atomic mass is 32.2. The molecule has 1 aromatic heterocycles. The van der Waals surface area contributed by atoms with E-state index in [0.29, 0.717) is 27.3 Å². The first-order valence-corrected chi connectivity index (χ1v) is 11.2. The highest BCUT2D eigenvalue weighted by Gasteiger charge is 2.36. The lowest BCUT2D eigenvalue weighted by Gasteiger charge is -2.19. The van der Waals surface area contributed by atoms with Crippen LogP contribution in [0.25, 0.3) is 17.4 Å². The number of amides is 1. The van der Waals surface area contributed by atoms with E-state index >= 15 is 0 Å². The van der Waals surface area contributed by atoms with Gasteiger partial charge in [-0.3, -0.25) is 20.3 Å². The van der Waals surface area contributed by atoms with Crippen molar-refractivity contribution in [1.82, 2.24) is 5.01 Å². The number of nitro groups is 1. The maximum absolute atomic E-state index is 12.6. The van der Waals surface area contributed by atoms with Gasteiger partial charge in [-0.25, -0.2) is 0 Å². The summed E-state index contributed by atoms with van der Waals surface area (Å²) < 4.78 is 11.6. The van der Waals surface area contributed by atoms with Crippen LogP contribution in [0, 0.1) is 22.4 Å². The summed E-state index contributed by atoms with van der Waals surface area (Å²) in [7, 11) is 0. The van der Waals surface area contributed by atoms with Gasteiger partial charge in [-0.05, 0) is 60.7 Å². The van der Waals surface area contributed by atoms with Crippen molar-refractivity contribution in [3.8, 4) is 17.1 Å². The van der Waals surface area contributed by atoms with Crippen LogP contribution in [0.3, 0.4) is 0 Å². The van der Waals surface area contributed by atoms with Gasteiger partial charge in [0.15, 0.2) is 5.84 Å². The molecule has 2 aliphatic rings. The Morgan fingerprint density at radius 3 is 2.69 bits per heavy atom. The number of para-hydroxylation sites is 1. The first kappa shape index (κ1) is 22.3. The number of hydrogen-bond acceptors (Lipinski definition) is 8. The van der Waals surface area contributed by atoms with Gasteiger partial charge >= 0.3 is 0 Å². The number of fused-ring (bicyclic) bond motifs is 1. The number of aliphatic imine (C=N–C) groups is 1. The van der Waals surface area contributed by atoms with Crippen LogP contribution in [0.5, 0.6) is 5.75 Å². The minimum Gasteiger partial charge on any atom is -0.486 e. The number of ether oxygens (including phenoxy) is 1. The van der Waals surface area contributed by atoms with E-state index in [4.69, 9.17) is 14.6 Å². The third kappa shape index (κ3) is 4.49. The number of benzene rings is 2. The van der Waals surface area contributed by atoms with Crippen LogP contribution in [-0.4, -0.2) is 38.5 Å². The molecule has 0 aliphatic carbocycles. The summed E-state index contributed by atoms with van der Waals surface area (Å²) in [5, 5.41) is 25.9. The Bertz CT molecular complexity index is 1450. The minimum absolute atomic E-state index is 0.0229. The van der Waals surface area contributed by atoms with Crippen molar-refractivity contribution in [2.75, 3.05) is 6.61 Å². The van der Waals surface area contributed by atoms with Crippen molar-refractivity contribution < 1.29 is 18.9 Å². The first-order chi connectivity index (χ1) is 16.9. The molecule has 5 rings (SSSR count). The predicted octanol–water partition coefficient (Wildman–Crippen LogP) is 4.86. The number of rotatable bonds is 6. The van der Waals surface area contributed by atoms with Gasteiger partial charge in [-0.2, -0.15) is 15.1 Å². The van der Waals surface area contributed by atoms with Crippen LogP contribution in [0.1, 0.15) is 11.3 Å². The molecule has 1 N–H and O–H groups in total. The number of nitrogens with one attached hydrogen (secondary N) is 1. The number of aryl methyl sites for hydroxylation is 1. The number of carbonyl (C=O) groups is 1. The fraction of sp³-hybridized carbons (Fsp3) is 0.0833. The first-order valence-electron chi connectivity index (χ1n) is 10.4. The van der Waals surface area contributed by atoms with Gasteiger partial charge in [0.2, 0.25) is 5.17 Å². The van der Waals surface area contributed by atoms with E-state index in [1.54, 1.807) is 24.3 Å². The quantitative estimate of drug-likeness (QED) is 0.298. The van der Waals surface area contributed by atoms with Gasteiger partial charge in [-0.1, -0.05) is 18.2 Å². The SMILES string of the molecule is Cc1ccccc1OCC1=NN2C(=N)C(=Cc3ccc(-c4ccc([N+](=O)[O-])cc4)o3)C(=O)N=C2S1. The monoisotopic (exact) mass is 487 g/mol. The smallest absolute Gasteiger partial charge is 0.283 e. The van der Waals surface area contributed by atoms with Crippen molar-refractivity contribution in [3.05, 3.63) is 87.7 Å². The normalized spacial score (nSPS) is 16.3. The molecular weight excluding hydrogens is 470 g/mol. The zero-order chi connectivity index (χ0) is 24.5. The van der Waals surface area contributed by atoms with Crippen LogP contribution >= 0.6 is 11.8 Å². The average Bonchev–Trinajstić information content (AvgIpc) is 3.48. The van der Waals surface area contributed by atoms with E-state index in [9.17, 15) is 14.9 Å². The van der Waals surface area contributed by atoms with Crippen molar-refractivity contribution in [2.45, 2.75) is 6.92 Å². The lowest BCUT2D eigenvalue weighted by Crippen LogP contribution is -2.35. The van der Waals surface area contributed by atoms with Gasteiger partial charge in [0.1, 0.15) is 28.9 Å². The summed E-state index contributed by atoms with van der Waals surface area (Å²) in [5.74, 6) is 0.848. The zero-order valence-corrected chi connectivity index (χ0v) is 19.1. The Kier molecular flexibility index (Phi) is 5.75. The molecule has 0 fully saturated rings. The Morgan fingerprint density at radius 2 is 1.94 bits per heavy atom. The fourth-order valence-electron chi connectivity index (χ4n) is 3.42. The standard InChI is InChI=1S/C24H17N5O5S/c1-14-4-2-3-5-19(14)33-13-21-27-28-22(25)18(23(30)26-24(28)35-21)12-17-10-11-20(34-17)15-6-8-16(9-7-15)29(31)32/h2-12,25H,13H2,1H3. The third-order valence-electron chi connectivity index (χ3n) is 5.22. The molecule has 2 aliphatic heterocycles. The summed E-state index contributed by atoms with van der Waals surface area (Å²) in [5.41, 5.74) is 1.64. The minimum atomic E-state index is -0.571. The number of hydrogen-bond donors (Lipinski definition) is 1. The number of thioether (sulfide) groups is 1. The van der Waals surface area contributed by atoms with Crippen LogP contribution in [0.2, 0.25) is 0 Å². The van der Waals surface area contributed by atoms with E-state index in [0.717, 1.165) is 11.3 Å². The van der Waals surface area contributed by atoms with Crippen LogP contribution in [0.15, 0.2) is 80.7 Å². The molecular formula is C24H17N5O5S. The van der Waals surface area contributed by atoms with E-state index < -0.39 is 10.8 Å². The number of hydrazone groups is 1. The summed E-state index contributed by atoms with van der Waals surface area (Å²) in [6.07, 6.45) is 1.43. The zero-order valence-electron chi connectivity index (χ0n) is 18.3. The van der Waals surface area contributed by atoms with E-state index in [1.165, 1.54) is 35.0 Å². The molecule has 174 valence electrons. The number of non-ortho nitro benzene ring substituents is 1. The second-order valence-corrected chi connectivity index (χ2v) is 8.61. The van der Waals surface area contributed by atoms with E-state index in [-0.39, 0.29) is 23.7 Å². The Morgan fingerprint density at radius 1 is 1.17 bits per heavy atom.